The Balaban J connectivity index is 2.39. The number of carbonyl (C=O) groups excluding carboxylic acids is 1. The third kappa shape index (κ3) is 4.38. The highest BCUT2D eigenvalue weighted by Gasteiger charge is 2.33. The molecule has 0 spiro atoms. The Kier molecular flexibility index (Phi) is 4.18. The lowest BCUT2D eigenvalue weighted by Crippen LogP contribution is -2.55. The molecule has 2 N–H and O–H groups in total. The van der Waals surface area contributed by atoms with Gasteiger partial charge in [0.15, 0.2) is 0 Å². The zero-order valence-electron chi connectivity index (χ0n) is 9.40. The zero-order chi connectivity index (χ0) is 12.3. The monoisotopic (exact) mass is 238 g/mol. The van der Waals surface area contributed by atoms with E-state index in [0.717, 1.165) is 12.8 Å². The molecule has 1 amide bonds. The summed E-state index contributed by atoms with van der Waals surface area (Å²) in [6.07, 6.45) is -4.24. The smallest absolute Gasteiger partial charge is 0.352 e. The van der Waals surface area contributed by atoms with Crippen LogP contribution < -0.4 is 10.6 Å². The third-order valence-electron chi connectivity index (χ3n) is 2.77. The molecule has 16 heavy (non-hydrogen) atoms. The Morgan fingerprint density at radius 3 is 2.50 bits per heavy atom. The second kappa shape index (κ2) is 5.03. The number of halogens is 3. The van der Waals surface area contributed by atoms with Crippen LogP contribution in [0.5, 0.6) is 0 Å². The van der Waals surface area contributed by atoms with Crippen molar-refractivity contribution in [3.63, 3.8) is 0 Å². The molecule has 94 valence electrons. The van der Waals surface area contributed by atoms with Crippen LogP contribution in [0.15, 0.2) is 0 Å². The first-order valence-corrected chi connectivity index (χ1v) is 5.40. The van der Waals surface area contributed by atoms with E-state index in [1.54, 1.807) is 0 Å². The maximum absolute atomic E-state index is 11.9. The standard InChI is InChI=1S/C10H17F3N2O/c1-6-3-4-8(7(2)14-6)15-9(16)5-10(11,12)13/h6-8,14H,3-5H2,1-2H3,(H,15,16). The van der Waals surface area contributed by atoms with Crippen molar-refractivity contribution in [2.24, 2.45) is 0 Å². The highest BCUT2D eigenvalue weighted by atomic mass is 19.4. The Labute approximate surface area is 92.8 Å². The van der Waals surface area contributed by atoms with Gasteiger partial charge in [0, 0.05) is 18.1 Å². The van der Waals surface area contributed by atoms with Crippen molar-refractivity contribution in [1.82, 2.24) is 10.6 Å². The van der Waals surface area contributed by atoms with Crippen molar-refractivity contribution in [2.75, 3.05) is 0 Å². The number of carbonyl (C=O) groups is 1. The van der Waals surface area contributed by atoms with Crippen LogP contribution in [-0.4, -0.2) is 30.2 Å². The first kappa shape index (κ1) is 13.3. The van der Waals surface area contributed by atoms with E-state index < -0.39 is 18.5 Å². The second-order valence-electron chi connectivity index (χ2n) is 4.40. The van der Waals surface area contributed by atoms with Crippen molar-refractivity contribution >= 4 is 5.91 Å². The lowest BCUT2D eigenvalue weighted by molar-refractivity contribution is -0.154. The number of piperidine rings is 1. The average Bonchev–Trinajstić information content (AvgIpc) is 2.06. The number of amides is 1. The van der Waals surface area contributed by atoms with Gasteiger partial charge in [0.25, 0.3) is 0 Å². The fraction of sp³-hybridized carbons (Fsp3) is 0.900. The molecule has 0 aromatic rings. The molecule has 0 saturated carbocycles. The minimum atomic E-state index is -4.43. The number of nitrogens with one attached hydrogen (secondary N) is 2. The van der Waals surface area contributed by atoms with E-state index in [4.69, 9.17) is 0 Å². The van der Waals surface area contributed by atoms with E-state index >= 15 is 0 Å². The summed E-state index contributed by atoms with van der Waals surface area (Å²) in [6, 6.07) is 0.165. The Morgan fingerprint density at radius 2 is 2.00 bits per heavy atom. The molecule has 0 radical (unpaired) electrons. The highest BCUT2D eigenvalue weighted by Crippen LogP contribution is 2.20. The van der Waals surface area contributed by atoms with Gasteiger partial charge in [-0.05, 0) is 26.7 Å². The summed E-state index contributed by atoms with van der Waals surface area (Å²) in [5.74, 6) is -0.944. The zero-order valence-corrected chi connectivity index (χ0v) is 9.40. The summed E-state index contributed by atoms with van der Waals surface area (Å²) in [5.41, 5.74) is 0. The predicted octanol–water partition coefficient (Wildman–Crippen LogP) is 1.58. The first-order valence-electron chi connectivity index (χ1n) is 5.40. The molecule has 1 rings (SSSR count). The number of hydrogen-bond donors (Lipinski definition) is 2. The van der Waals surface area contributed by atoms with Gasteiger partial charge in [-0.15, -0.1) is 0 Å². The molecule has 0 bridgehead atoms. The van der Waals surface area contributed by atoms with E-state index in [0.29, 0.717) is 6.04 Å². The van der Waals surface area contributed by atoms with E-state index in [9.17, 15) is 18.0 Å². The number of rotatable bonds is 2. The summed E-state index contributed by atoms with van der Waals surface area (Å²) in [4.78, 5) is 11.1. The van der Waals surface area contributed by atoms with Crippen LogP contribution in [0.1, 0.15) is 33.1 Å². The molecule has 0 aliphatic carbocycles. The minimum Gasteiger partial charge on any atom is -0.352 e. The second-order valence-corrected chi connectivity index (χ2v) is 4.40. The molecule has 6 heteroatoms. The van der Waals surface area contributed by atoms with Gasteiger partial charge in [-0.2, -0.15) is 13.2 Å². The third-order valence-corrected chi connectivity index (χ3v) is 2.77. The molecule has 1 saturated heterocycles. The van der Waals surface area contributed by atoms with E-state index in [1.165, 1.54) is 0 Å². The fourth-order valence-electron chi connectivity index (χ4n) is 1.96. The van der Waals surface area contributed by atoms with Crippen LogP contribution in [0.4, 0.5) is 13.2 Å². The summed E-state index contributed by atoms with van der Waals surface area (Å²) < 4.78 is 35.8. The van der Waals surface area contributed by atoms with E-state index in [-0.39, 0.29) is 12.1 Å². The minimum absolute atomic E-state index is 0.0148. The summed E-state index contributed by atoms with van der Waals surface area (Å²) in [7, 11) is 0. The van der Waals surface area contributed by atoms with E-state index in [1.807, 2.05) is 13.8 Å². The number of hydrogen-bond acceptors (Lipinski definition) is 2. The molecule has 1 fully saturated rings. The predicted molar refractivity (Wildman–Crippen MR) is 53.9 cm³/mol. The molecule has 3 unspecified atom stereocenters. The molecule has 0 aromatic carbocycles. The maximum atomic E-state index is 11.9. The van der Waals surface area contributed by atoms with Gasteiger partial charge in [-0.25, -0.2) is 0 Å². The van der Waals surface area contributed by atoms with Gasteiger partial charge in [-0.1, -0.05) is 0 Å². The summed E-state index contributed by atoms with van der Waals surface area (Å²) in [5, 5.41) is 5.63. The molecule has 3 atom stereocenters. The van der Waals surface area contributed by atoms with Gasteiger partial charge in [-0.3, -0.25) is 4.79 Å². The summed E-state index contributed by atoms with van der Waals surface area (Å²) >= 11 is 0. The quantitative estimate of drug-likeness (QED) is 0.767. The van der Waals surface area contributed by atoms with Crippen LogP contribution in [0, 0.1) is 0 Å². The largest absolute Gasteiger partial charge is 0.397 e. The van der Waals surface area contributed by atoms with Crippen molar-refractivity contribution in [3.8, 4) is 0 Å². The molecule has 1 aliphatic rings. The van der Waals surface area contributed by atoms with Crippen LogP contribution in [0.2, 0.25) is 0 Å². The molecule has 1 aliphatic heterocycles. The van der Waals surface area contributed by atoms with Gasteiger partial charge in [0.1, 0.15) is 6.42 Å². The Hall–Kier alpha value is -0.780. The van der Waals surface area contributed by atoms with Crippen molar-refractivity contribution in [2.45, 2.75) is 57.4 Å². The van der Waals surface area contributed by atoms with Crippen molar-refractivity contribution in [1.29, 1.82) is 0 Å². The summed E-state index contributed by atoms with van der Waals surface area (Å²) in [6.45, 7) is 3.89. The van der Waals surface area contributed by atoms with Gasteiger partial charge in [0.05, 0.1) is 0 Å². The van der Waals surface area contributed by atoms with Gasteiger partial charge in [0.2, 0.25) is 5.91 Å². The van der Waals surface area contributed by atoms with E-state index in [2.05, 4.69) is 10.6 Å². The molecule has 3 nitrogen and oxygen atoms in total. The van der Waals surface area contributed by atoms with Crippen LogP contribution in [-0.2, 0) is 4.79 Å². The Morgan fingerprint density at radius 1 is 1.38 bits per heavy atom. The highest BCUT2D eigenvalue weighted by molar-refractivity contribution is 5.77. The van der Waals surface area contributed by atoms with Gasteiger partial charge < -0.3 is 10.6 Å². The molecular formula is C10H17F3N2O. The molecular weight excluding hydrogens is 221 g/mol. The number of alkyl halides is 3. The molecule has 1 heterocycles. The SMILES string of the molecule is CC1CCC(NC(=O)CC(F)(F)F)C(C)N1. The topological polar surface area (TPSA) is 41.1 Å². The Bertz CT molecular complexity index is 255. The van der Waals surface area contributed by atoms with Gasteiger partial charge >= 0.3 is 6.18 Å². The van der Waals surface area contributed by atoms with Crippen molar-refractivity contribution in [3.05, 3.63) is 0 Å². The van der Waals surface area contributed by atoms with Crippen molar-refractivity contribution < 1.29 is 18.0 Å². The lowest BCUT2D eigenvalue weighted by atomic mass is 9.95. The van der Waals surface area contributed by atoms with Crippen LogP contribution in [0.25, 0.3) is 0 Å². The maximum Gasteiger partial charge on any atom is 0.397 e. The van der Waals surface area contributed by atoms with Crippen LogP contribution in [0.3, 0.4) is 0 Å². The normalized spacial score (nSPS) is 31.2. The fourth-order valence-corrected chi connectivity index (χ4v) is 1.96. The van der Waals surface area contributed by atoms with Crippen LogP contribution >= 0.6 is 0 Å². The lowest BCUT2D eigenvalue weighted by Gasteiger charge is -2.34. The average molecular weight is 238 g/mol. The molecule has 0 aromatic heterocycles. The first-order chi connectivity index (χ1) is 7.28.